The summed E-state index contributed by atoms with van der Waals surface area (Å²) in [7, 11) is -3.81. The van der Waals surface area contributed by atoms with Crippen LogP contribution < -0.4 is 0 Å². The molecular weight excluding hydrogens is 287 g/mol. The summed E-state index contributed by atoms with van der Waals surface area (Å²) < 4.78 is 40.0. The zero-order valence-electron chi connectivity index (χ0n) is 11.2. The molecule has 0 unspecified atom stereocenters. The molecule has 1 aromatic carbocycles. The molecule has 20 heavy (non-hydrogen) atoms. The Balaban J connectivity index is 2.68. The molecular formula is C12H15FN2O4S. The molecule has 0 radical (unpaired) electrons. The number of nitrogens with zero attached hydrogens (tertiary/aromatic N) is 2. The van der Waals surface area contributed by atoms with Gasteiger partial charge in [0.2, 0.25) is 15.8 Å². The fourth-order valence-electron chi connectivity index (χ4n) is 2.59. The molecule has 0 atom stereocenters. The Morgan fingerprint density at radius 3 is 2.35 bits per heavy atom. The lowest BCUT2D eigenvalue weighted by Gasteiger charge is -2.19. The molecule has 1 heterocycles. The molecule has 0 bridgehead atoms. The van der Waals surface area contributed by atoms with Crippen LogP contribution in [0.25, 0.3) is 0 Å². The standard InChI is InChI=1S/C12H15FN2O4S/c1-8-7-10(13)11(15(16)17)9(2)12(8)20(18,19)14-5-3-4-6-14/h7H,3-6H2,1-2H3. The number of hydrogen-bond donors (Lipinski definition) is 0. The van der Waals surface area contributed by atoms with E-state index in [1.165, 1.54) is 18.2 Å². The Hall–Kier alpha value is -1.54. The molecule has 1 aliphatic rings. The highest BCUT2D eigenvalue weighted by Crippen LogP contribution is 2.33. The summed E-state index contributed by atoms with van der Waals surface area (Å²) in [6.07, 6.45) is 1.53. The van der Waals surface area contributed by atoms with Crippen molar-refractivity contribution in [3.05, 3.63) is 33.1 Å². The molecule has 0 saturated carbocycles. The van der Waals surface area contributed by atoms with Gasteiger partial charge in [0.1, 0.15) is 0 Å². The third-order valence-corrected chi connectivity index (χ3v) is 5.66. The first-order chi connectivity index (χ1) is 9.26. The van der Waals surface area contributed by atoms with Gasteiger partial charge in [-0.1, -0.05) is 0 Å². The first-order valence-electron chi connectivity index (χ1n) is 6.21. The van der Waals surface area contributed by atoms with Gasteiger partial charge in [0.15, 0.2) is 0 Å². The van der Waals surface area contributed by atoms with E-state index in [0.29, 0.717) is 13.1 Å². The van der Waals surface area contributed by atoms with Crippen LogP contribution in [0.3, 0.4) is 0 Å². The maximum Gasteiger partial charge on any atom is 0.309 e. The van der Waals surface area contributed by atoms with Crippen LogP contribution >= 0.6 is 0 Å². The van der Waals surface area contributed by atoms with Crippen molar-refractivity contribution >= 4 is 15.7 Å². The number of hydrogen-bond acceptors (Lipinski definition) is 4. The molecule has 2 rings (SSSR count). The summed E-state index contributed by atoms with van der Waals surface area (Å²) in [5.41, 5.74) is -0.717. The Bertz CT molecular complexity index is 667. The van der Waals surface area contributed by atoms with Crippen LogP contribution in [0.4, 0.5) is 10.1 Å². The van der Waals surface area contributed by atoms with E-state index >= 15 is 0 Å². The van der Waals surface area contributed by atoms with E-state index in [-0.39, 0.29) is 16.0 Å². The predicted octanol–water partition coefficient (Wildman–Crippen LogP) is 2.14. The van der Waals surface area contributed by atoms with E-state index in [4.69, 9.17) is 0 Å². The number of nitro groups is 1. The van der Waals surface area contributed by atoms with E-state index in [9.17, 15) is 22.9 Å². The maximum absolute atomic E-state index is 13.7. The van der Waals surface area contributed by atoms with Gasteiger partial charge in [-0.25, -0.2) is 8.42 Å². The van der Waals surface area contributed by atoms with E-state index in [1.807, 2.05) is 0 Å². The third kappa shape index (κ3) is 2.29. The van der Waals surface area contributed by atoms with Crippen LogP contribution in [0.15, 0.2) is 11.0 Å². The minimum Gasteiger partial charge on any atom is -0.258 e. The predicted molar refractivity (Wildman–Crippen MR) is 70.5 cm³/mol. The quantitative estimate of drug-likeness (QED) is 0.633. The average molecular weight is 302 g/mol. The fourth-order valence-corrected chi connectivity index (χ4v) is 4.53. The van der Waals surface area contributed by atoms with Crippen molar-refractivity contribution < 1.29 is 17.7 Å². The van der Waals surface area contributed by atoms with Crippen molar-refractivity contribution in [2.24, 2.45) is 0 Å². The van der Waals surface area contributed by atoms with Gasteiger partial charge in [0.05, 0.1) is 15.4 Å². The number of rotatable bonds is 3. The van der Waals surface area contributed by atoms with Crippen LogP contribution in [-0.2, 0) is 10.0 Å². The summed E-state index contributed by atoms with van der Waals surface area (Å²) in [5.74, 6) is -1.01. The lowest BCUT2D eigenvalue weighted by atomic mass is 10.1. The van der Waals surface area contributed by atoms with Crippen LogP contribution in [0.5, 0.6) is 0 Å². The molecule has 0 aliphatic carbocycles. The Kier molecular flexibility index (Phi) is 3.79. The van der Waals surface area contributed by atoms with Gasteiger partial charge < -0.3 is 0 Å². The van der Waals surface area contributed by atoms with Gasteiger partial charge in [-0.2, -0.15) is 8.70 Å². The number of aryl methyl sites for hydroxylation is 1. The number of halogens is 1. The highest BCUT2D eigenvalue weighted by molar-refractivity contribution is 7.89. The molecule has 110 valence electrons. The summed E-state index contributed by atoms with van der Waals surface area (Å²) in [6.45, 7) is 3.51. The molecule has 8 heteroatoms. The van der Waals surface area contributed by atoms with Crippen LogP contribution in [0, 0.1) is 29.8 Å². The first kappa shape index (κ1) is 14.9. The molecule has 1 aliphatic heterocycles. The molecule has 1 saturated heterocycles. The monoisotopic (exact) mass is 302 g/mol. The zero-order valence-corrected chi connectivity index (χ0v) is 12.0. The number of nitro benzene ring substituents is 1. The second kappa shape index (κ2) is 5.10. The highest BCUT2D eigenvalue weighted by atomic mass is 32.2. The topological polar surface area (TPSA) is 80.5 Å². The lowest BCUT2D eigenvalue weighted by molar-refractivity contribution is -0.388. The van der Waals surface area contributed by atoms with Gasteiger partial charge in [-0.3, -0.25) is 10.1 Å². The average Bonchev–Trinajstić information content (AvgIpc) is 2.80. The summed E-state index contributed by atoms with van der Waals surface area (Å²) in [5, 5.41) is 10.9. The molecule has 0 aromatic heterocycles. The summed E-state index contributed by atoms with van der Waals surface area (Å²) in [4.78, 5) is 9.88. The second-order valence-corrected chi connectivity index (χ2v) is 6.72. The maximum atomic E-state index is 13.7. The number of sulfonamides is 1. The molecule has 1 aromatic rings. The van der Waals surface area contributed by atoms with Gasteiger partial charge in [-0.15, -0.1) is 0 Å². The van der Waals surface area contributed by atoms with Crippen molar-refractivity contribution in [2.75, 3.05) is 13.1 Å². The highest BCUT2D eigenvalue weighted by Gasteiger charge is 2.34. The summed E-state index contributed by atoms with van der Waals surface area (Å²) >= 11 is 0. The minimum absolute atomic E-state index is 0.139. The molecule has 0 amide bonds. The number of benzene rings is 1. The van der Waals surface area contributed by atoms with Crippen molar-refractivity contribution in [1.29, 1.82) is 0 Å². The zero-order chi connectivity index (χ0) is 15.1. The van der Waals surface area contributed by atoms with Gasteiger partial charge >= 0.3 is 5.69 Å². The SMILES string of the molecule is Cc1cc(F)c([N+](=O)[O-])c(C)c1S(=O)(=O)N1CCCC1. The molecule has 6 nitrogen and oxygen atoms in total. The molecule has 0 N–H and O–H groups in total. The normalized spacial score (nSPS) is 16.6. The Morgan fingerprint density at radius 1 is 1.30 bits per heavy atom. The third-order valence-electron chi connectivity index (χ3n) is 3.47. The van der Waals surface area contributed by atoms with Gasteiger partial charge in [-0.05, 0) is 38.3 Å². The summed E-state index contributed by atoms with van der Waals surface area (Å²) in [6, 6.07) is 0.911. The fraction of sp³-hybridized carbons (Fsp3) is 0.500. The smallest absolute Gasteiger partial charge is 0.258 e. The van der Waals surface area contributed by atoms with Crippen LogP contribution in [0.2, 0.25) is 0 Å². The molecule has 0 spiro atoms. The second-order valence-electron chi connectivity index (χ2n) is 4.85. The van der Waals surface area contributed by atoms with Gasteiger partial charge in [0, 0.05) is 13.1 Å². The lowest BCUT2D eigenvalue weighted by Crippen LogP contribution is -2.29. The van der Waals surface area contributed by atoms with E-state index < -0.39 is 26.5 Å². The van der Waals surface area contributed by atoms with Crippen molar-refractivity contribution in [1.82, 2.24) is 4.31 Å². The van der Waals surface area contributed by atoms with Crippen LogP contribution in [-0.4, -0.2) is 30.7 Å². The van der Waals surface area contributed by atoms with Crippen molar-refractivity contribution in [3.63, 3.8) is 0 Å². The van der Waals surface area contributed by atoms with Crippen molar-refractivity contribution in [2.45, 2.75) is 31.6 Å². The molecule has 1 fully saturated rings. The largest absolute Gasteiger partial charge is 0.309 e. The Labute approximate surface area is 116 Å². The van der Waals surface area contributed by atoms with E-state index in [2.05, 4.69) is 0 Å². The first-order valence-corrected chi connectivity index (χ1v) is 7.65. The van der Waals surface area contributed by atoms with Crippen molar-refractivity contribution in [3.8, 4) is 0 Å². The minimum atomic E-state index is -3.81. The van der Waals surface area contributed by atoms with Crippen LogP contribution in [0.1, 0.15) is 24.0 Å². The van der Waals surface area contributed by atoms with E-state index in [0.717, 1.165) is 18.9 Å². The van der Waals surface area contributed by atoms with Gasteiger partial charge in [0.25, 0.3) is 0 Å². The Morgan fingerprint density at radius 2 is 1.85 bits per heavy atom. The van der Waals surface area contributed by atoms with E-state index in [1.54, 1.807) is 0 Å².